The molecule has 1 saturated heterocycles. The molecular formula is C17H20ClN3O3S. The van der Waals surface area contributed by atoms with E-state index in [1.807, 2.05) is 25.1 Å². The molecule has 0 radical (unpaired) electrons. The second-order valence-electron chi connectivity index (χ2n) is 6.11. The Morgan fingerprint density at radius 2 is 2.12 bits per heavy atom. The van der Waals surface area contributed by atoms with Crippen LogP contribution in [-0.2, 0) is 27.6 Å². The molecule has 1 atom stereocenters. The molecule has 1 aliphatic rings. The third kappa shape index (κ3) is 4.04. The van der Waals surface area contributed by atoms with E-state index in [1.54, 1.807) is 28.0 Å². The zero-order valence-electron chi connectivity index (χ0n) is 13.9. The van der Waals surface area contributed by atoms with Gasteiger partial charge in [0.25, 0.3) is 0 Å². The first-order chi connectivity index (χ1) is 11.9. The Balaban J connectivity index is 1.86. The summed E-state index contributed by atoms with van der Waals surface area (Å²) in [7, 11) is -3.18. The highest BCUT2D eigenvalue weighted by Crippen LogP contribution is 2.28. The summed E-state index contributed by atoms with van der Waals surface area (Å²) in [6.07, 6.45) is 3.60. The van der Waals surface area contributed by atoms with E-state index in [4.69, 9.17) is 11.6 Å². The van der Waals surface area contributed by atoms with E-state index < -0.39 is 15.9 Å². The molecule has 0 N–H and O–H groups in total. The number of rotatable bonds is 4. The number of benzene rings is 1. The molecule has 1 fully saturated rings. The van der Waals surface area contributed by atoms with Gasteiger partial charge in [0.05, 0.1) is 30.2 Å². The predicted octanol–water partition coefficient (Wildman–Crippen LogP) is 2.10. The molecule has 1 aromatic carbocycles. The number of amides is 1. The number of nitrogens with zero attached hydrogens (tertiary/aromatic N) is 3. The van der Waals surface area contributed by atoms with E-state index >= 15 is 0 Å². The lowest BCUT2D eigenvalue weighted by atomic mass is 10.1. The van der Waals surface area contributed by atoms with Gasteiger partial charge in [0, 0.05) is 29.9 Å². The maximum absolute atomic E-state index is 12.8. The van der Waals surface area contributed by atoms with Crippen LogP contribution in [0.4, 0.5) is 0 Å². The van der Waals surface area contributed by atoms with E-state index in [1.165, 1.54) is 0 Å². The number of aromatic nitrogens is 2. The minimum atomic E-state index is -3.18. The minimum Gasteiger partial charge on any atom is -0.333 e. The van der Waals surface area contributed by atoms with Gasteiger partial charge in [0.1, 0.15) is 0 Å². The summed E-state index contributed by atoms with van der Waals surface area (Å²) in [5.74, 6) is -0.215. The van der Waals surface area contributed by atoms with Gasteiger partial charge in [-0.05, 0) is 18.6 Å². The van der Waals surface area contributed by atoms with Crippen LogP contribution in [0, 0.1) is 0 Å². The van der Waals surface area contributed by atoms with E-state index in [9.17, 15) is 13.2 Å². The molecule has 3 rings (SSSR count). The normalized spacial score (nSPS) is 19.8. The summed E-state index contributed by atoms with van der Waals surface area (Å²) < 4.78 is 25.9. The molecule has 25 heavy (non-hydrogen) atoms. The van der Waals surface area contributed by atoms with Gasteiger partial charge >= 0.3 is 0 Å². The lowest BCUT2D eigenvalue weighted by molar-refractivity contribution is -0.132. The van der Waals surface area contributed by atoms with Crippen molar-refractivity contribution in [3.05, 3.63) is 52.8 Å². The average Bonchev–Trinajstić information content (AvgIpc) is 3.05. The quantitative estimate of drug-likeness (QED) is 0.813. The van der Waals surface area contributed by atoms with Gasteiger partial charge in [-0.25, -0.2) is 8.42 Å². The van der Waals surface area contributed by atoms with Crippen molar-refractivity contribution < 1.29 is 13.2 Å². The second-order valence-corrected chi connectivity index (χ2v) is 8.75. The Bertz CT molecular complexity index is 879. The van der Waals surface area contributed by atoms with E-state index in [-0.39, 0.29) is 30.4 Å². The zero-order chi connectivity index (χ0) is 18.0. The van der Waals surface area contributed by atoms with Crippen molar-refractivity contribution in [1.82, 2.24) is 14.7 Å². The van der Waals surface area contributed by atoms with E-state index in [0.717, 1.165) is 11.1 Å². The molecule has 0 saturated carbocycles. The highest BCUT2D eigenvalue weighted by molar-refractivity contribution is 7.91. The molecule has 8 heteroatoms. The van der Waals surface area contributed by atoms with Gasteiger partial charge in [0.15, 0.2) is 9.84 Å². The Hall–Kier alpha value is -1.86. The molecule has 1 unspecified atom stereocenters. The zero-order valence-corrected chi connectivity index (χ0v) is 15.5. The van der Waals surface area contributed by atoms with Gasteiger partial charge in [-0.1, -0.05) is 29.8 Å². The molecule has 0 aliphatic carbocycles. The lowest BCUT2D eigenvalue weighted by Crippen LogP contribution is -2.46. The van der Waals surface area contributed by atoms with Gasteiger partial charge in [-0.15, -0.1) is 0 Å². The number of hydrogen-bond acceptors (Lipinski definition) is 4. The number of halogens is 1. The second kappa shape index (κ2) is 7.17. The van der Waals surface area contributed by atoms with Crippen LogP contribution in [0.15, 0.2) is 36.7 Å². The van der Waals surface area contributed by atoms with Crippen LogP contribution in [0.2, 0.25) is 5.02 Å². The summed E-state index contributed by atoms with van der Waals surface area (Å²) in [6.45, 7) is 2.83. The fourth-order valence-electron chi connectivity index (χ4n) is 3.01. The summed E-state index contributed by atoms with van der Waals surface area (Å²) in [5, 5.41) is 4.75. The van der Waals surface area contributed by atoms with Crippen LogP contribution in [0.3, 0.4) is 0 Å². The summed E-state index contributed by atoms with van der Waals surface area (Å²) >= 11 is 6.15. The summed E-state index contributed by atoms with van der Waals surface area (Å²) in [5.41, 5.74) is 1.49. The number of hydrogen-bond donors (Lipinski definition) is 0. The SMILES string of the molecule is CCn1cc(C2CS(=O)(=O)CCN2C(=O)Cc2ccccc2Cl)cn1. The third-order valence-corrected chi connectivity index (χ3v) is 6.41. The van der Waals surface area contributed by atoms with Crippen molar-refractivity contribution >= 4 is 27.3 Å². The maximum atomic E-state index is 12.8. The number of sulfone groups is 1. The number of carbonyl (C=O) groups excluding carboxylic acids is 1. The summed E-state index contributed by atoms with van der Waals surface area (Å²) in [6, 6.07) is 6.69. The van der Waals surface area contributed by atoms with Gasteiger partial charge < -0.3 is 4.90 Å². The molecule has 0 bridgehead atoms. The molecule has 1 amide bonds. The van der Waals surface area contributed by atoms with E-state index in [0.29, 0.717) is 11.6 Å². The fraction of sp³-hybridized carbons (Fsp3) is 0.412. The van der Waals surface area contributed by atoms with Gasteiger partial charge in [-0.2, -0.15) is 5.10 Å². The molecule has 134 valence electrons. The Kier molecular flexibility index (Phi) is 5.15. The first-order valence-electron chi connectivity index (χ1n) is 8.15. The Morgan fingerprint density at radius 1 is 1.36 bits per heavy atom. The minimum absolute atomic E-state index is 0.0142. The van der Waals surface area contributed by atoms with Crippen molar-refractivity contribution in [1.29, 1.82) is 0 Å². The topological polar surface area (TPSA) is 72.3 Å². The van der Waals surface area contributed by atoms with Crippen LogP contribution in [0.5, 0.6) is 0 Å². The van der Waals surface area contributed by atoms with Gasteiger partial charge in [-0.3, -0.25) is 9.48 Å². The lowest BCUT2D eigenvalue weighted by Gasteiger charge is -2.35. The number of aryl methyl sites for hydroxylation is 1. The standard InChI is InChI=1S/C17H20ClN3O3S/c1-2-20-11-14(10-19-20)16-12-25(23,24)8-7-21(16)17(22)9-13-5-3-4-6-15(13)18/h3-6,10-11,16H,2,7-9,12H2,1H3. The first kappa shape index (κ1) is 17.9. The summed E-state index contributed by atoms with van der Waals surface area (Å²) in [4.78, 5) is 14.5. The fourth-order valence-corrected chi connectivity index (χ4v) is 4.71. The van der Waals surface area contributed by atoms with Crippen molar-refractivity contribution in [2.45, 2.75) is 25.9 Å². The first-order valence-corrected chi connectivity index (χ1v) is 10.3. The molecular weight excluding hydrogens is 362 g/mol. The van der Waals surface area contributed by atoms with Crippen LogP contribution < -0.4 is 0 Å². The van der Waals surface area contributed by atoms with Crippen molar-refractivity contribution in [2.75, 3.05) is 18.1 Å². The molecule has 6 nitrogen and oxygen atoms in total. The average molecular weight is 382 g/mol. The van der Waals surface area contributed by atoms with Crippen LogP contribution in [0.25, 0.3) is 0 Å². The molecule has 1 aromatic heterocycles. The Labute approximate surface area is 152 Å². The Morgan fingerprint density at radius 3 is 2.80 bits per heavy atom. The van der Waals surface area contributed by atoms with Crippen molar-refractivity contribution in [2.24, 2.45) is 0 Å². The van der Waals surface area contributed by atoms with Crippen LogP contribution in [-0.4, -0.2) is 47.1 Å². The highest BCUT2D eigenvalue weighted by Gasteiger charge is 2.35. The highest BCUT2D eigenvalue weighted by atomic mass is 35.5. The molecule has 2 heterocycles. The monoisotopic (exact) mass is 381 g/mol. The predicted molar refractivity (Wildman–Crippen MR) is 96.2 cm³/mol. The van der Waals surface area contributed by atoms with Crippen molar-refractivity contribution in [3.63, 3.8) is 0 Å². The largest absolute Gasteiger partial charge is 0.333 e. The van der Waals surface area contributed by atoms with Gasteiger partial charge in [0.2, 0.25) is 5.91 Å². The molecule has 2 aromatic rings. The van der Waals surface area contributed by atoms with Crippen LogP contribution in [0.1, 0.15) is 24.1 Å². The van der Waals surface area contributed by atoms with E-state index in [2.05, 4.69) is 5.10 Å². The number of carbonyl (C=O) groups is 1. The van der Waals surface area contributed by atoms with Crippen molar-refractivity contribution in [3.8, 4) is 0 Å². The maximum Gasteiger partial charge on any atom is 0.227 e. The molecule has 0 spiro atoms. The van der Waals surface area contributed by atoms with Crippen LogP contribution >= 0.6 is 11.6 Å². The third-order valence-electron chi connectivity index (χ3n) is 4.41. The molecule has 1 aliphatic heterocycles. The smallest absolute Gasteiger partial charge is 0.227 e.